The molecule has 5 aromatic rings. The lowest BCUT2D eigenvalue weighted by atomic mass is 9.91. The summed E-state index contributed by atoms with van der Waals surface area (Å²) in [5, 5.41) is 2.54. The molecule has 14 heteroatoms. The Bertz CT molecular complexity index is 2350. The molecular weight excluding hydrogens is 839 g/mol. The second kappa shape index (κ2) is 17.7. The summed E-state index contributed by atoms with van der Waals surface area (Å²) in [6, 6.07) is 26.0. The molecule has 2 aliphatic rings. The first-order valence-corrected chi connectivity index (χ1v) is 24.6. The quantitative estimate of drug-likeness (QED) is 0.128. The van der Waals surface area contributed by atoms with Gasteiger partial charge < -0.3 is 23.5 Å². The molecule has 0 spiro atoms. The number of halogens is 2. The molecule has 0 aliphatic carbocycles. The maximum Gasteiger partial charge on any atom is 0.419 e. The molecule has 63 heavy (non-hydrogen) atoms. The van der Waals surface area contributed by atoms with Crippen molar-refractivity contribution in [1.82, 2.24) is 19.4 Å². The number of carbonyl (C=O) groups is 2. The zero-order valence-corrected chi connectivity index (χ0v) is 40.1. The van der Waals surface area contributed by atoms with Crippen molar-refractivity contribution in [3.05, 3.63) is 107 Å². The fourth-order valence-corrected chi connectivity index (χ4v) is 14.6. The van der Waals surface area contributed by atoms with Crippen LogP contribution >= 0.6 is 11.3 Å². The number of piperidine rings is 1. The Hall–Kier alpha value is -4.63. The monoisotopic (exact) mass is 900 g/mol. The minimum atomic E-state index is -3.34. The van der Waals surface area contributed by atoms with Gasteiger partial charge in [0.15, 0.2) is 0 Å². The number of hydrogen-bond donors (Lipinski definition) is 0. The van der Waals surface area contributed by atoms with Gasteiger partial charge in [-0.1, -0.05) is 111 Å². The van der Waals surface area contributed by atoms with Crippen molar-refractivity contribution in [2.75, 3.05) is 26.2 Å². The molecule has 1 fully saturated rings. The number of thiazole rings is 1. The van der Waals surface area contributed by atoms with Crippen LogP contribution in [0.3, 0.4) is 0 Å². The molecule has 1 saturated heterocycles. The Morgan fingerprint density at radius 2 is 1.41 bits per heavy atom. The van der Waals surface area contributed by atoms with Gasteiger partial charge in [-0.3, -0.25) is 4.90 Å². The van der Waals surface area contributed by atoms with Crippen molar-refractivity contribution in [3.63, 3.8) is 0 Å². The summed E-state index contributed by atoms with van der Waals surface area (Å²) in [5.41, 5.74) is 0.645. The highest BCUT2D eigenvalue weighted by Crippen LogP contribution is 2.47. The van der Waals surface area contributed by atoms with Crippen LogP contribution in [-0.2, 0) is 20.3 Å². The third-order valence-corrected chi connectivity index (χ3v) is 17.6. The molecule has 3 aromatic carbocycles. The van der Waals surface area contributed by atoms with Gasteiger partial charge in [-0.2, -0.15) is 0 Å². The standard InChI is InChI=1S/C49H62F2N4O6SSi/c1-33-28-38-37-25-17-18-26-39(37)55(45(57)61-47(5,6)7)41(38)42(40-29-52-43(62-40)59-34-20-19-27-53(30-34)44(56)60-46(2,3)4)54(33)31-49(50,51)32-58-63(48(8,9)10,35-21-13-11-14-22-35)36-23-15-12-16-24-36/h11-18,21-26,29,33-34,42H,19-20,27-28,30-32H2,1-10H3/t33-,34+,42-/m1/s1. The van der Waals surface area contributed by atoms with Gasteiger partial charge in [-0.25, -0.2) is 27.9 Å². The van der Waals surface area contributed by atoms with Crippen LogP contribution in [0.25, 0.3) is 10.9 Å². The average molecular weight is 901 g/mol. The minimum absolute atomic E-state index is 0.324. The molecular formula is C49H62F2N4O6SSi. The maximum absolute atomic E-state index is 17.3. The van der Waals surface area contributed by atoms with Crippen LogP contribution < -0.4 is 15.1 Å². The largest absolute Gasteiger partial charge is 0.465 e. The summed E-state index contributed by atoms with van der Waals surface area (Å²) >= 11 is 1.26. The second-order valence-electron chi connectivity index (χ2n) is 20.0. The summed E-state index contributed by atoms with van der Waals surface area (Å²) < 4.78 is 61.1. The molecule has 1 amide bonds. The SMILES string of the molecule is C[C@@H]1Cc2c(n(C(=O)OC(C)(C)C)c3ccccc23)[C@@H](c2cnc(O[C@H]3CCCN(C(=O)OC(C)(C)C)C3)s2)N1CC(F)(F)CO[Si](c1ccccc1)(c1ccccc1)C(C)(C)C. The average Bonchev–Trinajstić information content (AvgIpc) is 3.79. The van der Waals surface area contributed by atoms with E-state index in [1.807, 2.05) is 133 Å². The molecule has 0 saturated carbocycles. The van der Waals surface area contributed by atoms with Gasteiger partial charge in [0.1, 0.15) is 17.3 Å². The number of fused-ring (bicyclic) bond motifs is 3. The molecule has 10 nitrogen and oxygen atoms in total. The summed E-state index contributed by atoms with van der Waals surface area (Å²) in [4.78, 5) is 36.1. The van der Waals surface area contributed by atoms with Crippen LogP contribution in [0, 0.1) is 0 Å². The van der Waals surface area contributed by atoms with Crippen molar-refractivity contribution in [2.24, 2.45) is 0 Å². The minimum Gasteiger partial charge on any atom is -0.465 e. The van der Waals surface area contributed by atoms with Crippen molar-refractivity contribution in [3.8, 4) is 5.19 Å². The third-order valence-electron chi connectivity index (χ3n) is 11.7. The normalized spacial score (nSPS) is 19.2. The van der Waals surface area contributed by atoms with E-state index in [0.717, 1.165) is 27.7 Å². The number of amides is 1. The van der Waals surface area contributed by atoms with Gasteiger partial charge in [-0.15, -0.1) is 0 Å². The van der Waals surface area contributed by atoms with E-state index in [4.69, 9.17) is 23.6 Å². The zero-order valence-electron chi connectivity index (χ0n) is 38.2. The fraction of sp³-hybridized carbons (Fsp3) is 0.490. The van der Waals surface area contributed by atoms with E-state index in [-0.39, 0.29) is 12.1 Å². The van der Waals surface area contributed by atoms with E-state index < -0.39 is 61.9 Å². The van der Waals surface area contributed by atoms with E-state index in [0.29, 0.717) is 47.2 Å². The van der Waals surface area contributed by atoms with Gasteiger partial charge in [0.25, 0.3) is 19.4 Å². The molecule has 0 N–H and O–H groups in total. The van der Waals surface area contributed by atoms with E-state index in [2.05, 4.69) is 20.8 Å². The number of aromatic nitrogens is 2. The molecule has 7 rings (SSSR count). The number of likely N-dealkylation sites (tertiary alicyclic amines) is 1. The predicted octanol–water partition coefficient (Wildman–Crippen LogP) is 10.2. The van der Waals surface area contributed by atoms with Gasteiger partial charge in [0.2, 0.25) is 0 Å². The molecule has 338 valence electrons. The number of alkyl halides is 2. The second-order valence-corrected chi connectivity index (χ2v) is 25.3. The lowest BCUT2D eigenvalue weighted by Gasteiger charge is -2.45. The topological polar surface area (TPSA) is 95.4 Å². The van der Waals surface area contributed by atoms with Gasteiger partial charge in [0.05, 0.1) is 41.8 Å². The smallest absolute Gasteiger partial charge is 0.419 e. The van der Waals surface area contributed by atoms with Crippen LogP contribution in [0.15, 0.2) is 91.1 Å². The lowest BCUT2D eigenvalue weighted by Crippen LogP contribution is -2.67. The number of ether oxygens (including phenoxy) is 3. The summed E-state index contributed by atoms with van der Waals surface area (Å²) in [7, 11) is -3.31. The maximum atomic E-state index is 17.3. The van der Waals surface area contributed by atoms with Crippen LogP contribution in [-0.4, -0.2) is 95.4 Å². The Morgan fingerprint density at radius 1 is 0.825 bits per heavy atom. The number of benzene rings is 3. The Balaban J connectivity index is 1.27. The Labute approximate surface area is 375 Å². The molecule has 0 radical (unpaired) electrons. The molecule has 0 unspecified atom stereocenters. The highest BCUT2D eigenvalue weighted by atomic mass is 32.1. The summed E-state index contributed by atoms with van der Waals surface area (Å²) in [5.74, 6) is -3.34. The van der Waals surface area contributed by atoms with Crippen LogP contribution in [0.1, 0.15) is 104 Å². The van der Waals surface area contributed by atoms with Crippen molar-refractivity contribution < 1.29 is 37.0 Å². The predicted molar refractivity (Wildman–Crippen MR) is 247 cm³/mol. The summed E-state index contributed by atoms with van der Waals surface area (Å²) in [6.07, 6.45) is 2.17. The van der Waals surface area contributed by atoms with E-state index in [1.165, 1.54) is 11.3 Å². The van der Waals surface area contributed by atoms with Crippen LogP contribution in [0.2, 0.25) is 5.04 Å². The first kappa shape index (κ1) is 46.4. The van der Waals surface area contributed by atoms with E-state index in [1.54, 1.807) is 20.6 Å². The van der Waals surface area contributed by atoms with Gasteiger partial charge in [-0.05, 0) is 94.8 Å². The van der Waals surface area contributed by atoms with Crippen LogP contribution in [0.5, 0.6) is 5.19 Å². The molecule has 0 bridgehead atoms. The van der Waals surface area contributed by atoms with Gasteiger partial charge in [0, 0.05) is 24.2 Å². The number of rotatable bonds is 10. The van der Waals surface area contributed by atoms with E-state index in [9.17, 15) is 9.59 Å². The first-order valence-electron chi connectivity index (χ1n) is 21.9. The van der Waals surface area contributed by atoms with Crippen molar-refractivity contribution in [1.29, 1.82) is 0 Å². The number of hydrogen-bond acceptors (Lipinski definition) is 9. The third kappa shape index (κ3) is 10.0. The molecule has 2 aliphatic heterocycles. The lowest BCUT2D eigenvalue weighted by molar-refractivity contribution is -0.0820. The Kier molecular flexibility index (Phi) is 13.1. The van der Waals surface area contributed by atoms with Gasteiger partial charge >= 0.3 is 12.2 Å². The first-order chi connectivity index (χ1) is 29.6. The highest BCUT2D eigenvalue weighted by molar-refractivity contribution is 7.13. The van der Waals surface area contributed by atoms with Crippen molar-refractivity contribution >= 4 is 53.1 Å². The fourth-order valence-electron chi connectivity index (χ4n) is 9.11. The Morgan fingerprint density at radius 3 is 2.02 bits per heavy atom. The summed E-state index contributed by atoms with van der Waals surface area (Å²) in [6.45, 7) is 18.5. The highest BCUT2D eigenvalue weighted by Gasteiger charge is 2.53. The van der Waals surface area contributed by atoms with Crippen molar-refractivity contribution in [2.45, 2.75) is 129 Å². The number of nitrogens with zero attached hydrogens (tertiary/aromatic N) is 4. The number of para-hydroxylation sites is 1. The molecule has 3 atom stereocenters. The van der Waals surface area contributed by atoms with Crippen LogP contribution in [0.4, 0.5) is 18.4 Å². The van der Waals surface area contributed by atoms with E-state index >= 15 is 8.78 Å². The number of carbonyl (C=O) groups excluding carboxylic acids is 2. The molecule has 4 heterocycles. The zero-order chi connectivity index (χ0) is 45.5. The molecule has 2 aromatic heterocycles.